The Morgan fingerprint density at radius 2 is 1.36 bits per heavy atom. The minimum atomic E-state index is -0.628. The standard InChI is InChI=1S/C41H41N5O7/c47-28-29-6-8-30(9-7-29)39-26-38(27-44-22-24-45(25-23-44)34-16-18-35(19-17-34)46(49)50)52-40(53-39)31-10-12-32(13-11-31)42-41(48)43-33-14-20-37(21-15-33)51-36-4-2-1-3-5-36/h1-21,38-40,47H,22-28H2,(H2,42,43,48)/t38-,39+,40+/m0/s1. The predicted octanol–water partition coefficient (Wildman–Crippen LogP) is 7.89. The average Bonchev–Trinajstić information content (AvgIpc) is 3.19. The summed E-state index contributed by atoms with van der Waals surface area (Å²) < 4.78 is 18.9. The Morgan fingerprint density at radius 3 is 1.98 bits per heavy atom. The average molecular weight is 716 g/mol. The molecule has 2 heterocycles. The van der Waals surface area contributed by atoms with Gasteiger partial charge in [-0.15, -0.1) is 0 Å². The number of rotatable bonds is 11. The van der Waals surface area contributed by atoms with Gasteiger partial charge in [0, 0.05) is 73.9 Å². The van der Waals surface area contributed by atoms with E-state index >= 15 is 0 Å². The normalized spacial score (nSPS) is 19.0. The van der Waals surface area contributed by atoms with Crippen molar-refractivity contribution in [3.05, 3.63) is 154 Å². The third-order valence-electron chi connectivity index (χ3n) is 9.41. The van der Waals surface area contributed by atoms with Crippen LogP contribution in [0.5, 0.6) is 11.5 Å². The van der Waals surface area contributed by atoms with E-state index in [1.54, 1.807) is 48.5 Å². The van der Waals surface area contributed by atoms with Crippen LogP contribution in [0.1, 0.15) is 35.5 Å². The van der Waals surface area contributed by atoms with Gasteiger partial charge < -0.3 is 34.9 Å². The highest BCUT2D eigenvalue weighted by Gasteiger charge is 2.34. The molecule has 2 aliphatic rings. The van der Waals surface area contributed by atoms with Gasteiger partial charge in [-0.3, -0.25) is 15.0 Å². The van der Waals surface area contributed by atoms with Crippen LogP contribution in [0.2, 0.25) is 0 Å². The Morgan fingerprint density at radius 1 is 0.755 bits per heavy atom. The van der Waals surface area contributed by atoms with Crippen molar-refractivity contribution in [3.63, 3.8) is 0 Å². The molecule has 2 saturated heterocycles. The number of ether oxygens (including phenoxy) is 3. The number of anilines is 3. The van der Waals surface area contributed by atoms with E-state index in [0.29, 0.717) is 23.5 Å². The van der Waals surface area contributed by atoms with Gasteiger partial charge in [0.25, 0.3) is 5.69 Å². The summed E-state index contributed by atoms with van der Waals surface area (Å²) in [5, 5.41) is 26.4. The first-order valence-electron chi connectivity index (χ1n) is 17.6. The Kier molecular flexibility index (Phi) is 11.2. The van der Waals surface area contributed by atoms with E-state index in [0.717, 1.165) is 60.9 Å². The maximum Gasteiger partial charge on any atom is 0.323 e. The van der Waals surface area contributed by atoms with Gasteiger partial charge in [-0.25, -0.2) is 4.79 Å². The summed E-state index contributed by atoms with van der Waals surface area (Å²) in [6.45, 7) is 3.94. The lowest BCUT2D eigenvalue weighted by atomic mass is 9.99. The Hall–Kier alpha value is -5.79. The summed E-state index contributed by atoms with van der Waals surface area (Å²) in [6.07, 6.45) is -0.301. The van der Waals surface area contributed by atoms with E-state index in [1.165, 1.54) is 0 Å². The quantitative estimate of drug-likeness (QED) is 0.0921. The summed E-state index contributed by atoms with van der Waals surface area (Å²) in [4.78, 5) is 28.1. The largest absolute Gasteiger partial charge is 0.457 e. The number of hydrogen-bond acceptors (Lipinski definition) is 9. The second kappa shape index (κ2) is 16.7. The number of benzene rings is 5. The maximum atomic E-state index is 12.8. The number of nitrogens with zero attached hydrogens (tertiary/aromatic N) is 3. The number of carbonyl (C=O) groups is 1. The van der Waals surface area contributed by atoms with Gasteiger partial charge in [0.2, 0.25) is 0 Å². The fourth-order valence-corrected chi connectivity index (χ4v) is 6.54. The maximum absolute atomic E-state index is 12.8. The van der Waals surface area contributed by atoms with Crippen molar-refractivity contribution < 1.29 is 29.0 Å². The SMILES string of the molecule is O=C(Nc1ccc(Oc2ccccc2)cc1)Nc1ccc([C@@H]2O[C@H](CN3CCN(c4ccc([N+](=O)[O-])cc4)CC3)C[C@H](c3ccc(CO)cc3)O2)cc1. The number of aliphatic hydroxyl groups is 1. The second-order valence-corrected chi connectivity index (χ2v) is 13.1. The molecule has 5 aromatic carbocycles. The lowest BCUT2D eigenvalue weighted by molar-refractivity contribution is -0.384. The molecule has 272 valence electrons. The molecule has 0 aliphatic carbocycles. The fourth-order valence-electron chi connectivity index (χ4n) is 6.54. The molecule has 2 amide bonds. The van der Waals surface area contributed by atoms with Crippen molar-refractivity contribution in [1.29, 1.82) is 0 Å². The number of aliphatic hydroxyl groups excluding tert-OH is 1. The van der Waals surface area contributed by atoms with Gasteiger partial charge in [0.15, 0.2) is 6.29 Å². The predicted molar refractivity (Wildman–Crippen MR) is 202 cm³/mol. The molecule has 0 unspecified atom stereocenters. The number of nitrogens with one attached hydrogen (secondary N) is 2. The smallest absolute Gasteiger partial charge is 0.323 e. The molecule has 5 aromatic rings. The van der Waals surface area contributed by atoms with Crippen LogP contribution < -0.4 is 20.3 Å². The van der Waals surface area contributed by atoms with Crippen molar-refractivity contribution in [1.82, 2.24) is 4.90 Å². The molecule has 0 radical (unpaired) electrons. The van der Waals surface area contributed by atoms with E-state index in [4.69, 9.17) is 14.2 Å². The summed E-state index contributed by atoms with van der Waals surface area (Å²) in [7, 11) is 0. The zero-order chi connectivity index (χ0) is 36.6. The molecule has 53 heavy (non-hydrogen) atoms. The minimum absolute atomic E-state index is 0.0274. The molecule has 0 aromatic heterocycles. The molecule has 2 aliphatic heterocycles. The van der Waals surface area contributed by atoms with Crippen LogP contribution >= 0.6 is 0 Å². The molecule has 12 nitrogen and oxygen atoms in total. The second-order valence-electron chi connectivity index (χ2n) is 13.1. The summed E-state index contributed by atoms with van der Waals surface area (Å²) in [5.41, 5.74) is 4.98. The number of para-hydroxylation sites is 1. The van der Waals surface area contributed by atoms with E-state index in [9.17, 15) is 20.0 Å². The van der Waals surface area contributed by atoms with Crippen molar-refractivity contribution in [2.45, 2.75) is 31.5 Å². The van der Waals surface area contributed by atoms with E-state index in [2.05, 4.69) is 20.4 Å². The van der Waals surface area contributed by atoms with Crippen LogP contribution in [0.4, 0.5) is 27.5 Å². The molecule has 12 heteroatoms. The first kappa shape index (κ1) is 35.6. The third-order valence-corrected chi connectivity index (χ3v) is 9.41. The van der Waals surface area contributed by atoms with Gasteiger partial charge in [-0.05, 0) is 71.8 Å². The molecule has 0 saturated carbocycles. The molecule has 0 bridgehead atoms. The van der Waals surface area contributed by atoms with Crippen molar-refractivity contribution in [3.8, 4) is 11.5 Å². The van der Waals surface area contributed by atoms with Gasteiger partial charge >= 0.3 is 6.03 Å². The molecular weight excluding hydrogens is 674 g/mol. The van der Waals surface area contributed by atoms with E-state index in [1.807, 2.05) is 78.9 Å². The number of amides is 2. The third kappa shape index (κ3) is 9.36. The van der Waals surface area contributed by atoms with E-state index in [-0.39, 0.29) is 35.5 Å². The highest BCUT2D eigenvalue weighted by molar-refractivity contribution is 5.99. The molecule has 7 rings (SSSR count). The number of piperazine rings is 1. The van der Waals surface area contributed by atoms with Gasteiger partial charge in [-0.1, -0.05) is 54.6 Å². The monoisotopic (exact) mass is 715 g/mol. The Labute approximate surface area is 307 Å². The van der Waals surface area contributed by atoms with E-state index < -0.39 is 6.29 Å². The number of nitro benzene ring substituents is 1. The van der Waals surface area contributed by atoms with Crippen LogP contribution in [0.15, 0.2) is 127 Å². The fraction of sp³-hybridized carbons (Fsp3) is 0.244. The first-order chi connectivity index (χ1) is 25.9. The van der Waals surface area contributed by atoms with Crippen LogP contribution in [0.3, 0.4) is 0 Å². The zero-order valence-electron chi connectivity index (χ0n) is 29.0. The minimum Gasteiger partial charge on any atom is -0.457 e. The van der Waals surface area contributed by atoms with Gasteiger partial charge in [-0.2, -0.15) is 0 Å². The number of nitro groups is 1. The van der Waals surface area contributed by atoms with Crippen molar-refractivity contribution in [2.75, 3.05) is 48.3 Å². The lowest BCUT2D eigenvalue weighted by Gasteiger charge is -2.41. The zero-order valence-corrected chi connectivity index (χ0v) is 29.0. The summed E-state index contributed by atoms with van der Waals surface area (Å²) in [6, 6.07) is 38.2. The number of urea groups is 1. The van der Waals surface area contributed by atoms with Crippen LogP contribution in [0, 0.1) is 10.1 Å². The van der Waals surface area contributed by atoms with Crippen LogP contribution in [0.25, 0.3) is 0 Å². The molecule has 2 fully saturated rings. The first-order valence-corrected chi connectivity index (χ1v) is 17.6. The van der Waals surface area contributed by atoms with Crippen LogP contribution in [-0.4, -0.2) is 59.8 Å². The highest BCUT2D eigenvalue weighted by Crippen LogP contribution is 2.38. The number of hydrogen-bond donors (Lipinski definition) is 3. The van der Waals surface area contributed by atoms with Crippen molar-refractivity contribution >= 4 is 28.8 Å². The Balaban J connectivity index is 0.965. The number of carbonyl (C=O) groups excluding carboxylic acids is 1. The molecule has 0 spiro atoms. The highest BCUT2D eigenvalue weighted by atomic mass is 16.7. The summed E-state index contributed by atoms with van der Waals surface area (Å²) in [5.74, 6) is 1.40. The Bertz CT molecular complexity index is 1950. The van der Waals surface area contributed by atoms with Crippen molar-refractivity contribution in [2.24, 2.45) is 0 Å². The summed E-state index contributed by atoms with van der Waals surface area (Å²) >= 11 is 0. The lowest BCUT2D eigenvalue weighted by Crippen LogP contribution is -2.49. The molecule has 3 N–H and O–H groups in total. The topological polar surface area (TPSA) is 139 Å². The molecule has 3 atom stereocenters. The number of non-ortho nitro benzene ring substituents is 1. The van der Waals surface area contributed by atoms with Crippen LogP contribution in [-0.2, 0) is 16.1 Å². The van der Waals surface area contributed by atoms with Gasteiger partial charge in [0.05, 0.1) is 23.7 Å². The van der Waals surface area contributed by atoms with Gasteiger partial charge in [0.1, 0.15) is 11.5 Å². The molecular formula is C41H41N5O7.